The fourth-order valence-electron chi connectivity index (χ4n) is 2.17. The van der Waals surface area contributed by atoms with E-state index in [9.17, 15) is 9.90 Å². The molecule has 4 nitrogen and oxygen atoms in total. The molecule has 0 aliphatic carbocycles. The summed E-state index contributed by atoms with van der Waals surface area (Å²) in [6.45, 7) is 4.51. The summed E-state index contributed by atoms with van der Waals surface area (Å²) in [5.41, 5.74) is 4.28. The minimum atomic E-state index is -0.861. The summed E-state index contributed by atoms with van der Waals surface area (Å²) in [7, 11) is 0. The highest BCUT2D eigenvalue weighted by Crippen LogP contribution is 2.12. The van der Waals surface area contributed by atoms with E-state index < -0.39 is 12.0 Å². The molecule has 2 N–H and O–H groups in total. The van der Waals surface area contributed by atoms with Crippen molar-refractivity contribution >= 4 is 17.6 Å². The molecule has 0 bridgehead atoms. The number of aliphatic carboxylic acids is 1. The van der Waals surface area contributed by atoms with Crippen LogP contribution in [0.15, 0.2) is 36.5 Å². The number of rotatable bonds is 6. The second-order valence-corrected chi connectivity index (χ2v) is 5.77. The molecule has 0 amide bonds. The molecule has 116 valence electrons. The SMILES string of the molecule is Cc1ccc(CC(NCc2ccc(Cl)nc2)C(=O)O)cc1C. The number of benzene rings is 1. The van der Waals surface area contributed by atoms with Gasteiger partial charge in [0.25, 0.3) is 0 Å². The summed E-state index contributed by atoms with van der Waals surface area (Å²) in [6.07, 6.45) is 2.09. The summed E-state index contributed by atoms with van der Waals surface area (Å²) < 4.78 is 0. The van der Waals surface area contributed by atoms with E-state index in [1.165, 1.54) is 11.1 Å². The van der Waals surface area contributed by atoms with Gasteiger partial charge < -0.3 is 5.11 Å². The summed E-state index contributed by atoms with van der Waals surface area (Å²) in [6, 6.07) is 8.92. The van der Waals surface area contributed by atoms with Crippen LogP contribution in [0.3, 0.4) is 0 Å². The van der Waals surface area contributed by atoms with Crippen molar-refractivity contribution in [2.24, 2.45) is 0 Å². The predicted molar refractivity (Wildman–Crippen MR) is 87.1 cm³/mol. The molecule has 0 radical (unpaired) electrons. The highest BCUT2D eigenvalue weighted by molar-refractivity contribution is 6.29. The van der Waals surface area contributed by atoms with Crippen molar-refractivity contribution in [2.75, 3.05) is 0 Å². The van der Waals surface area contributed by atoms with Crippen LogP contribution >= 0.6 is 11.6 Å². The van der Waals surface area contributed by atoms with Crippen LogP contribution in [0.1, 0.15) is 22.3 Å². The lowest BCUT2D eigenvalue weighted by molar-refractivity contribution is -0.139. The van der Waals surface area contributed by atoms with E-state index in [1.54, 1.807) is 12.3 Å². The number of nitrogens with one attached hydrogen (secondary N) is 1. The molecule has 2 aromatic rings. The third-order valence-electron chi connectivity index (χ3n) is 3.65. The smallest absolute Gasteiger partial charge is 0.321 e. The maximum absolute atomic E-state index is 11.4. The molecular formula is C17H19ClN2O2. The Morgan fingerprint density at radius 2 is 1.95 bits per heavy atom. The van der Waals surface area contributed by atoms with Gasteiger partial charge in [-0.05, 0) is 48.6 Å². The predicted octanol–water partition coefficient (Wildman–Crippen LogP) is 3.14. The largest absolute Gasteiger partial charge is 0.480 e. The van der Waals surface area contributed by atoms with E-state index in [2.05, 4.69) is 10.3 Å². The number of nitrogens with zero attached hydrogens (tertiary/aromatic N) is 1. The second kappa shape index (κ2) is 7.38. The molecule has 1 atom stereocenters. The normalized spacial score (nSPS) is 12.1. The van der Waals surface area contributed by atoms with Gasteiger partial charge in [0.15, 0.2) is 0 Å². The first-order valence-electron chi connectivity index (χ1n) is 7.08. The molecule has 0 aliphatic rings. The van der Waals surface area contributed by atoms with Gasteiger partial charge in [0.2, 0.25) is 0 Å². The third-order valence-corrected chi connectivity index (χ3v) is 3.87. The Balaban J connectivity index is 2.02. The Morgan fingerprint density at radius 3 is 2.55 bits per heavy atom. The van der Waals surface area contributed by atoms with Crippen LogP contribution in [0.25, 0.3) is 0 Å². The summed E-state index contributed by atoms with van der Waals surface area (Å²) >= 11 is 5.73. The number of aryl methyl sites for hydroxylation is 2. The first-order valence-corrected chi connectivity index (χ1v) is 7.46. The van der Waals surface area contributed by atoms with Gasteiger partial charge in [-0.25, -0.2) is 4.98 Å². The van der Waals surface area contributed by atoms with Crippen molar-refractivity contribution < 1.29 is 9.90 Å². The fourth-order valence-corrected chi connectivity index (χ4v) is 2.28. The summed E-state index contributed by atoms with van der Waals surface area (Å²) in [5, 5.41) is 12.9. The van der Waals surface area contributed by atoms with E-state index in [0.717, 1.165) is 11.1 Å². The number of carbonyl (C=O) groups is 1. The Labute approximate surface area is 135 Å². The molecule has 0 aliphatic heterocycles. The minimum absolute atomic E-state index is 0.425. The number of carboxylic acids is 1. The third kappa shape index (κ3) is 4.55. The van der Waals surface area contributed by atoms with Crippen LogP contribution in [-0.4, -0.2) is 22.1 Å². The van der Waals surface area contributed by atoms with Gasteiger partial charge in [0.1, 0.15) is 11.2 Å². The van der Waals surface area contributed by atoms with Crippen LogP contribution in [0.2, 0.25) is 5.15 Å². The zero-order chi connectivity index (χ0) is 16.1. The van der Waals surface area contributed by atoms with Crippen LogP contribution in [0, 0.1) is 13.8 Å². The van der Waals surface area contributed by atoms with Gasteiger partial charge in [-0.3, -0.25) is 10.1 Å². The van der Waals surface area contributed by atoms with E-state index in [0.29, 0.717) is 18.1 Å². The fraction of sp³-hybridized carbons (Fsp3) is 0.294. The zero-order valence-electron chi connectivity index (χ0n) is 12.6. The van der Waals surface area contributed by atoms with Crippen LogP contribution in [-0.2, 0) is 17.8 Å². The standard InChI is InChI=1S/C17H19ClN2O2/c1-11-3-4-13(7-12(11)2)8-15(17(21)22)19-9-14-5-6-16(18)20-10-14/h3-7,10,15,19H,8-9H2,1-2H3,(H,21,22). The molecule has 0 saturated heterocycles. The van der Waals surface area contributed by atoms with E-state index in [-0.39, 0.29) is 0 Å². The Hall–Kier alpha value is -1.91. The van der Waals surface area contributed by atoms with Gasteiger partial charge in [0.05, 0.1) is 0 Å². The number of pyridine rings is 1. The molecule has 1 unspecified atom stereocenters. The lowest BCUT2D eigenvalue weighted by Crippen LogP contribution is -2.38. The number of carboxylic acid groups (broad SMARTS) is 1. The number of halogens is 1. The average Bonchev–Trinajstić information content (AvgIpc) is 2.48. The monoisotopic (exact) mass is 318 g/mol. The first kappa shape index (κ1) is 16.5. The summed E-state index contributed by atoms with van der Waals surface area (Å²) in [5.74, 6) is -0.861. The van der Waals surface area contributed by atoms with Crippen molar-refractivity contribution in [3.8, 4) is 0 Å². The number of hydrogen-bond donors (Lipinski definition) is 2. The molecule has 0 saturated carbocycles. The van der Waals surface area contributed by atoms with Gasteiger partial charge in [0, 0.05) is 12.7 Å². The molecule has 0 spiro atoms. The molecule has 22 heavy (non-hydrogen) atoms. The topological polar surface area (TPSA) is 62.2 Å². The van der Waals surface area contributed by atoms with E-state index >= 15 is 0 Å². The van der Waals surface area contributed by atoms with Gasteiger partial charge in [-0.2, -0.15) is 0 Å². The lowest BCUT2D eigenvalue weighted by Gasteiger charge is -2.15. The Morgan fingerprint density at radius 1 is 1.23 bits per heavy atom. The van der Waals surface area contributed by atoms with Crippen LogP contribution in [0.4, 0.5) is 0 Å². The van der Waals surface area contributed by atoms with Crippen LogP contribution in [0.5, 0.6) is 0 Å². The van der Waals surface area contributed by atoms with Crippen molar-refractivity contribution in [3.63, 3.8) is 0 Å². The zero-order valence-corrected chi connectivity index (χ0v) is 13.4. The number of aromatic nitrogens is 1. The van der Waals surface area contributed by atoms with Gasteiger partial charge in [-0.15, -0.1) is 0 Å². The highest BCUT2D eigenvalue weighted by Gasteiger charge is 2.17. The molecule has 1 aromatic heterocycles. The maximum atomic E-state index is 11.4. The Bertz CT molecular complexity index is 656. The second-order valence-electron chi connectivity index (χ2n) is 5.38. The van der Waals surface area contributed by atoms with Crippen molar-refractivity contribution in [1.82, 2.24) is 10.3 Å². The molecule has 5 heteroatoms. The molecular weight excluding hydrogens is 300 g/mol. The van der Waals surface area contributed by atoms with Crippen LogP contribution < -0.4 is 5.32 Å². The minimum Gasteiger partial charge on any atom is -0.480 e. The Kier molecular flexibility index (Phi) is 5.52. The van der Waals surface area contributed by atoms with E-state index in [1.807, 2.05) is 38.1 Å². The summed E-state index contributed by atoms with van der Waals surface area (Å²) in [4.78, 5) is 15.4. The van der Waals surface area contributed by atoms with Crippen molar-refractivity contribution in [1.29, 1.82) is 0 Å². The quantitative estimate of drug-likeness (QED) is 0.803. The van der Waals surface area contributed by atoms with E-state index in [4.69, 9.17) is 11.6 Å². The molecule has 1 aromatic carbocycles. The lowest BCUT2D eigenvalue weighted by atomic mass is 10.0. The van der Waals surface area contributed by atoms with Crippen molar-refractivity contribution in [3.05, 3.63) is 63.9 Å². The van der Waals surface area contributed by atoms with Gasteiger partial charge >= 0.3 is 5.97 Å². The maximum Gasteiger partial charge on any atom is 0.321 e. The highest BCUT2D eigenvalue weighted by atomic mass is 35.5. The van der Waals surface area contributed by atoms with Crippen molar-refractivity contribution in [2.45, 2.75) is 32.9 Å². The molecule has 1 heterocycles. The molecule has 2 rings (SSSR count). The average molecular weight is 319 g/mol. The number of hydrogen-bond acceptors (Lipinski definition) is 3. The molecule has 0 fully saturated rings. The first-order chi connectivity index (χ1) is 10.5. The van der Waals surface area contributed by atoms with Gasteiger partial charge in [-0.1, -0.05) is 35.9 Å².